The van der Waals surface area contributed by atoms with Crippen molar-refractivity contribution in [2.24, 2.45) is 11.8 Å². The molecule has 1 aliphatic rings. The Hall–Kier alpha value is -1.75. The van der Waals surface area contributed by atoms with Crippen molar-refractivity contribution in [2.75, 3.05) is 0 Å². The number of hydrogen-bond donors (Lipinski definition) is 4. The minimum atomic E-state index is -2.52. The molecule has 234 valence electrons. The molecule has 5 atom stereocenters. The highest BCUT2D eigenvalue weighted by atomic mass is 128. The van der Waals surface area contributed by atoms with Crippen LogP contribution in [-0.2, 0) is 33.4 Å². The average molecular weight is 808 g/mol. The van der Waals surface area contributed by atoms with Gasteiger partial charge >= 0.3 is 29.8 Å². The van der Waals surface area contributed by atoms with Crippen LogP contribution in [0.2, 0.25) is 0 Å². The number of ether oxygens (including phenoxy) is 2. The fourth-order valence-electron chi connectivity index (χ4n) is 4.65. The Morgan fingerprint density at radius 3 is 2.00 bits per heavy atom. The standard InChI is InChI=1S/C28H42O11.I2/c1-3-5-6-7-8-9-10-11-12-13-14-15-16-19-17-21(25(33)34)28(39-19,18-22(29)30)27(37)38-23(26(35)36)20(4-2)24(31)32;1-2/h11-12,15-16,19-21,23H,3-10,13-14,17-18H2,1-2H3,(H,29,30)(H,31,32)(H,33,34)(H,35,36);/b12-11+,16-15+;. The molecule has 0 aromatic carbocycles. The smallest absolute Gasteiger partial charge is 0.345 e. The second-order valence-corrected chi connectivity index (χ2v) is 9.79. The van der Waals surface area contributed by atoms with Crippen LogP contribution in [0.25, 0.3) is 0 Å². The molecule has 1 fully saturated rings. The summed E-state index contributed by atoms with van der Waals surface area (Å²) >= 11 is 4.24. The van der Waals surface area contributed by atoms with Gasteiger partial charge < -0.3 is 29.9 Å². The topological polar surface area (TPSA) is 185 Å². The Balaban J connectivity index is 0.00000781. The van der Waals surface area contributed by atoms with Gasteiger partial charge in [0.05, 0.1) is 18.4 Å². The van der Waals surface area contributed by atoms with Crippen molar-refractivity contribution in [3.63, 3.8) is 0 Å². The van der Waals surface area contributed by atoms with Crippen LogP contribution in [-0.4, -0.2) is 68.1 Å². The lowest BCUT2D eigenvalue weighted by atomic mass is 9.83. The van der Waals surface area contributed by atoms with E-state index in [0.29, 0.717) is 6.42 Å². The Morgan fingerprint density at radius 2 is 1.46 bits per heavy atom. The van der Waals surface area contributed by atoms with Crippen LogP contribution in [0.15, 0.2) is 24.3 Å². The van der Waals surface area contributed by atoms with Crippen molar-refractivity contribution < 1.29 is 53.9 Å². The van der Waals surface area contributed by atoms with Crippen LogP contribution in [0.3, 0.4) is 0 Å². The zero-order chi connectivity index (χ0) is 31.4. The molecule has 1 heterocycles. The van der Waals surface area contributed by atoms with E-state index < -0.39 is 65.9 Å². The summed E-state index contributed by atoms with van der Waals surface area (Å²) in [6, 6.07) is 0. The first kappa shape index (κ1) is 39.2. The van der Waals surface area contributed by atoms with Crippen molar-refractivity contribution in [1.82, 2.24) is 0 Å². The Bertz CT molecular complexity index is 905. The molecular weight excluding hydrogens is 766 g/mol. The molecule has 0 spiro atoms. The molecule has 5 unspecified atom stereocenters. The molecule has 0 saturated carbocycles. The first-order chi connectivity index (χ1) is 19.5. The van der Waals surface area contributed by atoms with E-state index in [1.54, 1.807) is 12.2 Å². The van der Waals surface area contributed by atoms with E-state index in [2.05, 4.69) is 56.3 Å². The van der Waals surface area contributed by atoms with Crippen LogP contribution in [0.4, 0.5) is 0 Å². The van der Waals surface area contributed by atoms with Gasteiger partial charge in [-0.15, -0.1) is 0 Å². The lowest BCUT2D eigenvalue weighted by Gasteiger charge is -2.31. The zero-order valence-electron chi connectivity index (χ0n) is 23.5. The lowest BCUT2D eigenvalue weighted by Crippen LogP contribution is -2.52. The largest absolute Gasteiger partial charge is 0.481 e. The number of carboxylic acids is 4. The van der Waals surface area contributed by atoms with Crippen LogP contribution in [0, 0.1) is 11.8 Å². The highest BCUT2D eigenvalue weighted by Gasteiger charge is 2.60. The number of carboxylic acid groups (broad SMARTS) is 4. The number of carbonyl (C=O) groups is 5. The van der Waals surface area contributed by atoms with Gasteiger partial charge in [-0.2, -0.15) is 0 Å². The first-order valence-electron chi connectivity index (χ1n) is 13.7. The summed E-state index contributed by atoms with van der Waals surface area (Å²) < 4.78 is 10.6. The number of esters is 1. The van der Waals surface area contributed by atoms with Gasteiger partial charge in [0.25, 0.3) is 0 Å². The SMILES string of the molecule is CCCCCCCC/C=C/CC/C=C/C1CC(C(=O)O)C(CC(=O)O)(C(=O)OC(C(=O)O)C(CC)C(=O)O)O1.II. The third-order valence-electron chi connectivity index (χ3n) is 6.79. The molecule has 11 nitrogen and oxygen atoms in total. The van der Waals surface area contributed by atoms with E-state index in [9.17, 15) is 44.4 Å². The highest BCUT2D eigenvalue weighted by Crippen LogP contribution is 2.41. The van der Waals surface area contributed by atoms with Crippen LogP contribution in [0.5, 0.6) is 0 Å². The molecule has 0 radical (unpaired) electrons. The van der Waals surface area contributed by atoms with E-state index >= 15 is 0 Å². The first-order valence-corrected chi connectivity index (χ1v) is 20.0. The number of allylic oxidation sites excluding steroid dienone is 3. The molecule has 0 aromatic heterocycles. The van der Waals surface area contributed by atoms with E-state index in [1.807, 2.05) is 0 Å². The van der Waals surface area contributed by atoms with Gasteiger partial charge in [0.15, 0.2) is 5.60 Å². The highest BCUT2D eigenvalue weighted by molar-refractivity contribution is 15.0. The van der Waals surface area contributed by atoms with Gasteiger partial charge in [-0.3, -0.25) is 14.4 Å². The predicted molar refractivity (Wildman–Crippen MR) is 168 cm³/mol. The van der Waals surface area contributed by atoms with Crippen LogP contribution >= 0.6 is 37.2 Å². The molecule has 0 aliphatic carbocycles. The van der Waals surface area contributed by atoms with E-state index in [-0.39, 0.29) is 12.8 Å². The maximum Gasteiger partial charge on any atom is 0.345 e. The van der Waals surface area contributed by atoms with Crippen molar-refractivity contribution >= 4 is 67.1 Å². The number of carbonyl (C=O) groups excluding carboxylic acids is 1. The normalized spacial score (nSPS) is 21.7. The summed E-state index contributed by atoms with van der Waals surface area (Å²) in [5.74, 6) is -11.2. The zero-order valence-corrected chi connectivity index (χ0v) is 27.8. The Kier molecular flexibility index (Phi) is 20.9. The fraction of sp³-hybridized carbons (Fsp3) is 0.679. The summed E-state index contributed by atoms with van der Waals surface area (Å²) in [5, 5.41) is 38.0. The quantitative estimate of drug-likeness (QED) is 0.0475. The molecule has 1 saturated heterocycles. The van der Waals surface area contributed by atoms with E-state index in [1.165, 1.54) is 39.0 Å². The average Bonchev–Trinajstić information content (AvgIpc) is 3.29. The molecule has 0 aromatic rings. The molecule has 0 amide bonds. The molecule has 41 heavy (non-hydrogen) atoms. The maximum absolute atomic E-state index is 13.1. The van der Waals surface area contributed by atoms with Crippen molar-refractivity contribution in [3.8, 4) is 0 Å². The molecule has 4 N–H and O–H groups in total. The molecule has 1 aliphatic heterocycles. The van der Waals surface area contributed by atoms with Gasteiger partial charge in [0.2, 0.25) is 6.10 Å². The predicted octanol–water partition coefficient (Wildman–Crippen LogP) is 6.21. The number of hydrogen-bond acceptors (Lipinski definition) is 7. The summed E-state index contributed by atoms with van der Waals surface area (Å²) in [6.07, 6.45) is 12.5. The van der Waals surface area contributed by atoms with Crippen LogP contribution in [0.1, 0.15) is 90.9 Å². The lowest BCUT2D eigenvalue weighted by molar-refractivity contribution is -0.195. The van der Waals surface area contributed by atoms with Gasteiger partial charge in [0, 0.05) is 37.2 Å². The summed E-state index contributed by atoms with van der Waals surface area (Å²) in [4.78, 5) is 59.9. The molecular formula is C28H42I2O11. The second-order valence-electron chi connectivity index (χ2n) is 9.79. The number of rotatable bonds is 20. The van der Waals surface area contributed by atoms with E-state index in [0.717, 1.165) is 19.3 Å². The Morgan fingerprint density at radius 1 is 0.878 bits per heavy atom. The third kappa shape index (κ3) is 13.8. The van der Waals surface area contributed by atoms with E-state index in [4.69, 9.17) is 9.47 Å². The monoisotopic (exact) mass is 808 g/mol. The van der Waals surface area contributed by atoms with Gasteiger partial charge in [0.1, 0.15) is 5.92 Å². The van der Waals surface area contributed by atoms with Crippen molar-refractivity contribution in [1.29, 1.82) is 0 Å². The molecule has 0 bridgehead atoms. The van der Waals surface area contributed by atoms with Crippen molar-refractivity contribution in [2.45, 2.75) is 109 Å². The fourth-order valence-corrected chi connectivity index (χ4v) is 4.65. The van der Waals surface area contributed by atoms with Gasteiger partial charge in [-0.1, -0.05) is 70.3 Å². The van der Waals surface area contributed by atoms with Gasteiger partial charge in [-0.05, 0) is 38.5 Å². The third-order valence-corrected chi connectivity index (χ3v) is 6.79. The minimum Gasteiger partial charge on any atom is -0.481 e. The van der Waals surface area contributed by atoms with Crippen LogP contribution < -0.4 is 0 Å². The number of aliphatic carboxylic acids is 4. The van der Waals surface area contributed by atoms with Crippen molar-refractivity contribution in [3.05, 3.63) is 24.3 Å². The maximum atomic E-state index is 13.1. The Labute approximate surface area is 264 Å². The summed E-state index contributed by atoms with van der Waals surface area (Å²) in [5.41, 5.74) is -2.52. The molecule has 13 heteroatoms. The summed E-state index contributed by atoms with van der Waals surface area (Å²) in [7, 11) is 0. The number of halogens is 2. The van der Waals surface area contributed by atoms with Gasteiger partial charge in [-0.25, -0.2) is 9.59 Å². The minimum absolute atomic E-state index is 0.201. The second kappa shape index (κ2) is 21.9. The number of unbranched alkanes of at least 4 members (excludes halogenated alkanes) is 7. The molecule has 1 rings (SSSR count). The summed E-state index contributed by atoms with van der Waals surface area (Å²) in [6.45, 7) is 3.57.